The van der Waals surface area contributed by atoms with Crippen LogP contribution in [0.15, 0.2) is 18.2 Å². The molecule has 0 aromatic heterocycles. The van der Waals surface area contributed by atoms with Gasteiger partial charge in [-0.15, -0.1) is 0 Å². The smallest absolute Gasteiger partial charge is 0.102 e. The van der Waals surface area contributed by atoms with Crippen molar-refractivity contribution in [3.05, 3.63) is 29.3 Å². The summed E-state index contributed by atoms with van der Waals surface area (Å²) in [7, 11) is 0. The number of nitrogens with zero attached hydrogens (tertiary/aromatic N) is 1. The standard InChI is InChI=1S/C12H16N2O/c1-10-5-4-6-12(11(10)9-13)14-7-2-3-8-15/h4-6,14-15H,2-3,7-8H2,1H3. The monoisotopic (exact) mass is 204 g/mol. The van der Waals surface area contributed by atoms with E-state index in [-0.39, 0.29) is 6.61 Å². The highest BCUT2D eigenvalue weighted by Crippen LogP contribution is 2.18. The van der Waals surface area contributed by atoms with Gasteiger partial charge in [-0.3, -0.25) is 0 Å². The number of anilines is 1. The molecule has 0 saturated carbocycles. The number of unbranched alkanes of at least 4 members (excludes halogenated alkanes) is 1. The van der Waals surface area contributed by atoms with Crippen molar-refractivity contribution in [1.29, 1.82) is 5.26 Å². The summed E-state index contributed by atoms with van der Waals surface area (Å²) in [5.41, 5.74) is 2.58. The van der Waals surface area contributed by atoms with Crippen LogP contribution < -0.4 is 5.32 Å². The zero-order valence-electron chi connectivity index (χ0n) is 8.95. The quantitative estimate of drug-likeness (QED) is 0.722. The van der Waals surface area contributed by atoms with Crippen LogP contribution in [0, 0.1) is 18.3 Å². The summed E-state index contributed by atoms with van der Waals surface area (Å²) >= 11 is 0. The minimum absolute atomic E-state index is 0.223. The summed E-state index contributed by atoms with van der Waals surface area (Å²) in [6, 6.07) is 7.96. The summed E-state index contributed by atoms with van der Waals surface area (Å²) in [6.07, 6.45) is 1.70. The lowest BCUT2D eigenvalue weighted by atomic mass is 10.1. The minimum Gasteiger partial charge on any atom is -0.396 e. The van der Waals surface area contributed by atoms with Crippen molar-refractivity contribution in [2.75, 3.05) is 18.5 Å². The van der Waals surface area contributed by atoms with Crippen molar-refractivity contribution in [1.82, 2.24) is 0 Å². The van der Waals surface area contributed by atoms with E-state index >= 15 is 0 Å². The highest BCUT2D eigenvalue weighted by atomic mass is 16.2. The van der Waals surface area contributed by atoms with Crippen LogP contribution in [0.4, 0.5) is 5.69 Å². The molecule has 0 bridgehead atoms. The van der Waals surface area contributed by atoms with Gasteiger partial charge in [-0.2, -0.15) is 5.26 Å². The van der Waals surface area contributed by atoms with Gasteiger partial charge in [0.25, 0.3) is 0 Å². The SMILES string of the molecule is Cc1cccc(NCCCCO)c1C#N. The summed E-state index contributed by atoms with van der Waals surface area (Å²) < 4.78 is 0. The van der Waals surface area contributed by atoms with Crippen LogP contribution in [0.2, 0.25) is 0 Å². The van der Waals surface area contributed by atoms with Crippen molar-refractivity contribution >= 4 is 5.69 Å². The van der Waals surface area contributed by atoms with E-state index in [1.54, 1.807) is 0 Å². The van der Waals surface area contributed by atoms with Gasteiger partial charge in [-0.1, -0.05) is 12.1 Å². The van der Waals surface area contributed by atoms with E-state index in [1.807, 2.05) is 25.1 Å². The van der Waals surface area contributed by atoms with E-state index in [0.717, 1.165) is 30.6 Å². The number of nitrogens with one attached hydrogen (secondary N) is 1. The molecule has 0 aliphatic heterocycles. The van der Waals surface area contributed by atoms with E-state index in [2.05, 4.69) is 11.4 Å². The molecule has 3 heteroatoms. The number of hydrogen-bond donors (Lipinski definition) is 2. The summed E-state index contributed by atoms with van der Waals surface area (Å²) in [4.78, 5) is 0. The Morgan fingerprint density at radius 2 is 2.20 bits per heavy atom. The van der Waals surface area contributed by atoms with Crippen molar-refractivity contribution in [2.24, 2.45) is 0 Å². The van der Waals surface area contributed by atoms with Gasteiger partial charge in [0.05, 0.1) is 11.3 Å². The number of aryl methyl sites for hydroxylation is 1. The van der Waals surface area contributed by atoms with Crippen LogP contribution in [-0.2, 0) is 0 Å². The van der Waals surface area contributed by atoms with Gasteiger partial charge in [0.1, 0.15) is 6.07 Å². The fourth-order valence-corrected chi connectivity index (χ4v) is 1.42. The van der Waals surface area contributed by atoms with E-state index in [9.17, 15) is 0 Å². The molecule has 0 spiro atoms. The highest BCUT2D eigenvalue weighted by Gasteiger charge is 2.03. The predicted molar refractivity (Wildman–Crippen MR) is 60.7 cm³/mol. The molecule has 15 heavy (non-hydrogen) atoms. The van der Waals surface area contributed by atoms with Crippen molar-refractivity contribution < 1.29 is 5.11 Å². The first-order chi connectivity index (χ1) is 7.29. The zero-order valence-corrected chi connectivity index (χ0v) is 8.95. The summed E-state index contributed by atoms with van der Waals surface area (Å²) in [6.45, 7) is 2.94. The van der Waals surface area contributed by atoms with E-state index in [0.29, 0.717) is 5.56 Å². The maximum atomic E-state index is 8.97. The minimum atomic E-state index is 0.223. The number of aliphatic hydroxyl groups is 1. The first kappa shape index (κ1) is 11.5. The molecule has 0 fully saturated rings. The third-order valence-electron chi connectivity index (χ3n) is 2.28. The largest absolute Gasteiger partial charge is 0.396 e. The summed E-state index contributed by atoms with van der Waals surface area (Å²) in [5, 5.41) is 20.8. The van der Waals surface area contributed by atoms with E-state index in [1.165, 1.54) is 0 Å². The molecule has 0 unspecified atom stereocenters. The number of nitriles is 1. The first-order valence-electron chi connectivity index (χ1n) is 5.14. The number of rotatable bonds is 5. The molecule has 0 aliphatic rings. The highest BCUT2D eigenvalue weighted by molar-refractivity contribution is 5.60. The van der Waals surface area contributed by atoms with Gasteiger partial charge >= 0.3 is 0 Å². The topological polar surface area (TPSA) is 56.0 Å². The van der Waals surface area contributed by atoms with Gasteiger partial charge in [0.15, 0.2) is 0 Å². The average molecular weight is 204 g/mol. The normalized spacial score (nSPS) is 9.67. The maximum absolute atomic E-state index is 8.97. The molecule has 1 aromatic carbocycles. The molecule has 3 nitrogen and oxygen atoms in total. The lowest BCUT2D eigenvalue weighted by Crippen LogP contribution is -2.04. The fraction of sp³-hybridized carbons (Fsp3) is 0.417. The number of hydrogen-bond acceptors (Lipinski definition) is 3. The third kappa shape index (κ3) is 3.26. The van der Waals surface area contributed by atoms with Crippen LogP contribution in [0.3, 0.4) is 0 Å². The Labute approximate surface area is 90.4 Å². The first-order valence-corrected chi connectivity index (χ1v) is 5.14. The molecule has 0 saturated heterocycles. The Bertz CT molecular complexity index is 355. The van der Waals surface area contributed by atoms with Crippen LogP contribution in [-0.4, -0.2) is 18.3 Å². The number of benzene rings is 1. The van der Waals surface area contributed by atoms with Crippen LogP contribution in [0.1, 0.15) is 24.0 Å². The Balaban J connectivity index is 2.61. The second-order valence-electron chi connectivity index (χ2n) is 3.47. The molecule has 1 aromatic rings. The molecular weight excluding hydrogens is 188 g/mol. The van der Waals surface area contributed by atoms with Crippen LogP contribution in [0.5, 0.6) is 0 Å². The molecule has 0 heterocycles. The molecular formula is C12H16N2O. The molecule has 0 amide bonds. The second kappa shape index (κ2) is 6.05. The Kier molecular flexibility index (Phi) is 4.65. The zero-order chi connectivity index (χ0) is 11.1. The molecule has 0 radical (unpaired) electrons. The summed E-state index contributed by atoms with van der Waals surface area (Å²) in [5.74, 6) is 0. The lowest BCUT2D eigenvalue weighted by molar-refractivity contribution is 0.286. The third-order valence-corrected chi connectivity index (χ3v) is 2.28. The van der Waals surface area contributed by atoms with Crippen molar-refractivity contribution in [2.45, 2.75) is 19.8 Å². The van der Waals surface area contributed by atoms with E-state index in [4.69, 9.17) is 10.4 Å². The fourth-order valence-electron chi connectivity index (χ4n) is 1.42. The predicted octanol–water partition coefficient (Wildman–Crippen LogP) is 2.05. The Morgan fingerprint density at radius 3 is 2.87 bits per heavy atom. The van der Waals surface area contributed by atoms with Gasteiger partial charge < -0.3 is 10.4 Å². The molecule has 2 N–H and O–H groups in total. The second-order valence-corrected chi connectivity index (χ2v) is 3.47. The lowest BCUT2D eigenvalue weighted by Gasteiger charge is -2.09. The Morgan fingerprint density at radius 1 is 1.40 bits per heavy atom. The molecule has 80 valence electrons. The van der Waals surface area contributed by atoms with Crippen LogP contribution >= 0.6 is 0 Å². The average Bonchev–Trinajstić information content (AvgIpc) is 2.24. The van der Waals surface area contributed by atoms with Crippen molar-refractivity contribution in [3.63, 3.8) is 0 Å². The Hall–Kier alpha value is -1.53. The van der Waals surface area contributed by atoms with Gasteiger partial charge in [0, 0.05) is 13.2 Å². The molecule has 0 aliphatic carbocycles. The number of aliphatic hydroxyl groups excluding tert-OH is 1. The van der Waals surface area contributed by atoms with Crippen LogP contribution in [0.25, 0.3) is 0 Å². The van der Waals surface area contributed by atoms with Crippen molar-refractivity contribution in [3.8, 4) is 6.07 Å². The van der Waals surface area contributed by atoms with Gasteiger partial charge in [-0.25, -0.2) is 0 Å². The maximum Gasteiger partial charge on any atom is 0.102 e. The molecule has 1 rings (SSSR count). The van der Waals surface area contributed by atoms with Gasteiger partial charge in [-0.05, 0) is 31.4 Å². The molecule has 0 atom stereocenters. The van der Waals surface area contributed by atoms with Gasteiger partial charge in [0.2, 0.25) is 0 Å². The van der Waals surface area contributed by atoms with E-state index < -0.39 is 0 Å².